The van der Waals surface area contributed by atoms with Gasteiger partial charge < -0.3 is 10.1 Å². The zero-order chi connectivity index (χ0) is 9.90. The fourth-order valence-corrected chi connectivity index (χ4v) is 1.20. The maximum Gasteiger partial charge on any atom is 0.0804 e. The van der Waals surface area contributed by atoms with Gasteiger partial charge in [-0.3, -0.25) is 4.68 Å². The van der Waals surface area contributed by atoms with Gasteiger partial charge in [-0.15, -0.1) is 0 Å². The topological polar surface area (TPSA) is 39.1 Å². The van der Waals surface area contributed by atoms with Crippen LogP contribution in [0.1, 0.15) is 13.8 Å². The molecule has 1 aromatic heterocycles. The van der Waals surface area contributed by atoms with Crippen molar-refractivity contribution in [2.75, 3.05) is 26.1 Å². The van der Waals surface area contributed by atoms with E-state index in [2.05, 4.69) is 24.3 Å². The molecule has 0 bridgehead atoms. The van der Waals surface area contributed by atoms with Gasteiger partial charge in [-0.25, -0.2) is 0 Å². The Morgan fingerprint density at radius 2 is 2.31 bits per heavy atom. The average molecular weight is 183 g/mol. The lowest BCUT2D eigenvalue weighted by Gasteiger charge is -2.23. The Kier molecular flexibility index (Phi) is 2.93. The summed E-state index contributed by atoms with van der Waals surface area (Å²) in [5.74, 6) is 0. The van der Waals surface area contributed by atoms with Crippen molar-refractivity contribution < 1.29 is 4.74 Å². The van der Waals surface area contributed by atoms with Gasteiger partial charge in [0, 0.05) is 20.4 Å². The number of rotatable bonds is 4. The van der Waals surface area contributed by atoms with E-state index < -0.39 is 0 Å². The highest BCUT2D eigenvalue weighted by molar-refractivity contribution is 5.37. The minimum absolute atomic E-state index is 0.0934. The lowest BCUT2D eigenvalue weighted by molar-refractivity contribution is 0.101. The molecule has 0 aliphatic rings. The fourth-order valence-electron chi connectivity index (χ4n) is 1.20. The molecule has 13 heavy (non-hydrogen) atoms. The highest BCUT2D eigenvalue weighted by atomic mass is 16.5. The van der Waals surface area contributed by atoms with Crippen molar-refractivity contribution in [3.8, 4) is 0 Å². The third-order valence-corrected chi connectivity index (χ3v) is 1.99. The Morgan fingerprint density at radius 1 is 1.62 bits per heavy atom. The van der Waals surface area contributed by atoms with Gasteiger partial charge in [0.25, 0.3) is 0 Å². The molecule has 0 radical (unpaired) electrons. The summed E-state index contributed by atoms with van der Waals surface area (Å²) in [6, 6.07) is 0. The summed E-state index contributed by atoms with van der Waals surface area (Å²) < 4.78 is 7.03. The summed E-state index contributed by atoms with van der Waals surface area (Å²) in [6.07, 6.45) is 3.77. The summed E-state index contributed by atoms with van der Waals surface area (Å²) in [5, 5.41) is 7.29. The van der Waals surface area contributed by atoms with Gasteiger partial charge in [0.1, 0.15) is 0 Å². The Hall–Kier alpha value is -1.03. The molecule has 1 rings (SSSR count). The third kappa shape index (κ3) is 2.21. The van der Waals surface area contributed by atoms with Crippen LogP contribution in [-0.4, -0.2) is 30.5 Å². The first kappa shape index (κ1) is 10.1. The molecule has 0 unspecified atom stereocenters. The molecule has 0 atom stereocenters. The molecule has 0 aromatic carbocycles. The lowest BCUT2D eigenvalue weighted by atomic mass is 10.1. The van der Waals surface area contributed by atoms with Gasteiger partial charge in [-0.05, 0) is 13.8 Å². The predicted octanol–water partition coefficient (Wildman–Crippen LogP) is 1.31. The van der Waals surface area contributed by atoms with Crippen LogP contribution in [0, 0.1) is 0 Å². The van der Waals surface area contributed by atoms with E-state index in [0.717, 1.165) is 5.69 Å². The van der Waals surface area contributed by atoms with Crippen molar-refractivity contribution in [2.24, 2.45) is 0 Å². The van der Waals surface area contributed by atoms with E-state index in [-0.39, 0.29) is 5.54 Å². The maximum absolute atomic E-state index is 5.12. The first-order valence-corrected chi connectivity index (χ1v) is 4.32. The zero-order valence-corrected chi connectivity index (χ0v) is 8.66. The van der Waals surface area contributed by atoms with Crippen LogP contribution in [0.2, 0.25) is 0 Å². The molecule has 0 fully saturated rings. The van der Waals surface area contributed by atoms with Crippen molar-refractivity contribution in [2.45, 2.75) is 19.4 Å². The van der Waals surface area contributed by atoms with Gasteiger partial charge in [0.2, 0.25) is 0 Å². The van der Waals surface area contributed by atoms with Gasteiger partial charge >= 0.3 is 0 Å². The number of nitrogens with zero attached hydrogens (tertiary/aromatic N) is 2. The zero-order valence-electron chi connectivity index (χ0n) is 8.66. The van der Waals surface area contributed by atoms with Crippen LogP contribution >= 0.6 is 0 Å². The molecule has 0 spiro atoms. The minimum Gasteiger partial charge on any atom is -0.386 e. The number of aromatic nitrogens is 2. The standard InChI is InChI=1S/C9H17N3O/c1-9(2,7-13-4)12-6-8(10-3)5-11-12/h5-6,10H,7H2,1-4H3. The van der Waals surface area contributed by atoms with E-state index >= 15 is 0 Å². The summed E-state index contributed by atoms with van der Waals surface area (Å²) in [7, 11) is 3.58. The molecule has 0 aliphatic heterocycles. The van der Waals surface area contributed by atoms with Crippen molar-refractivity contribution in [1.29, 1.82) is 0 Å². The van der Waals surface area contributed by atoms with E-state index in [1.54, 1.807) is 13.3 Å². The second-order valence-electron chi connectivity index (χ2n) is 3.67. The largest absolute Gasteiger partial charge is 0.386 e. The number of nitrogens with one attached hydrogen (secondary N) is 1. The first-order valence-electron chi connectivity index (χ1n) is 4.32. The quantitative estimate of drug-likeness (QED) is 0.765. The summed E-state index contributed by atoms with van der Waals surface area (Å²) >= 11 is 0. The SMILES string of the molecule is CNc1cnn(C(C)(C)COC)c1. The van der Waals surface area contributed by atoms with Gasteiger partial charge in [0.05, 0.1) is 24.0 Å². The van der Waals surface area contributed by atoms with E-state index in [1.165, 1.54) is 0 Å². The van der Waals surface area contributed by atoms with Crippen molar-refractivity contribution in [3.63, 3.8) is 0 Å². The Morgan fingerprint density at radius 3 is 2.77 bits per heavy atom. The Balaban J connectivity index is 2.80. The maximum atomic E-state index is 5.12. The molecule has 1 heterocycles. The molecule has 4 heteroatoms. The van der Waals surface area contributed by atoms with Crippen LogP contribution in [0.4, 0.5) is 5.69 Å². The van der Waals surface area contributed by atoms with Crippen LogP contribution in [0.5, 0.6) is 0 Å². The number of ether oxygens (including phenoxy) is 1. The number of anilines is 1. The molecule has 0 amide bonds. The van der Waals surface area contributed by atoms with Gasteiger partial charge in [0.15, 0.2) is 0 Å². The number of hydrogen-bond acceptors (Lipinski definition) is 3. The summed E-state index contributed by atoms with van der Waals surface area (Å²) in [5.41, 5.74) is 0.924. The molecular weight excluding hydrogens is 166 g/mol. The second kappa shape index (κ2) is 3.79. The lowest BCUT2D eigenvalue weighted by Crippen LogP contribution is -2.31. The van der Waals surface area contributed by atoms with Crippen molar-refractivity contribution >= 4 is 5.69 Å². The molecule has 4 nitrogen and oxygen atoms in total. The molecule has 74 valence electrons. The van der Waals surface area contributed by atoms with E-state index in [1.807, 2.05) is 17.9 Å². The minimum atomic E-state index is -0.0934. The second-order valence-corrected chi connectivity index (χ2v) is 3.67. The van der Waals surface area contributed by atoms with Crippen LogP contribution < -0.4 is 5.32 Å². The molecule has 0 aliphatic carbocycles. The van der Waals surface area contributed by atoms with Crippen molar-refractivity contribution in [3.05, 3.63) is 12.4 Å². The van der Waals surface area contributed by atoms with Crippen LogP contribution in [-0.2, 0) is 10.3 Å². The fraction of sp³-hybridized carbons (Fsp3) is 0.667. The highest BCUT2D eigenvalue weighted by Gasteiger charge is 2.20. The highest BCUT2D eigenvalue weighted by Crippen LogP contribution is 2.16. The van der Waals surface area contributed by atoms with E-state index in [9.17, 15) is 0 Å². The number of hydrogen-bond donors (Lipinski definition) is 1. The van der Waals surface area contributed by atoms with Crippen LogP contribution in [0.25, 0.3) is 0 Å². The molecule has 1 aromatic rings. The van der Waals surface area contributed by atoms with E-state index in [4.69, 9.17) is 4.74 Å². The average Bonchev–Trinajstić information content (AvgIpc) is 2.52. The normalized spacial score (nSPS) is 11.7. The van der Waals surface area contributed by atoms with Crippen LogP contribution in [0.15, 0.2) is 12.4 Å². The summed E-state index contributed by atoms with van der Waals surface area (Å²) in [4.78, 5) is 0. The first-order chi connectivity index (χ1) is 6.10. The molecule has 1 N–H and O–H groups in total. The van der Waals surface area contributed by atoms with Gasteiger partial charge in [-0.1, -0.05) is 0 Å². The predicted molar refractivity (Wildman–Crippen MR) is 53.0 cm³/mol. The smallest absolute Gasteiger partial charge is 0.0804 e. The van der Waals surface area contributed by atoms with Crippen molar-refractivity contribution in [1.82, 2.24) is 9.78 Å². The Labute approximate surface area is 78.9 Å². The molecule has 0 saturated carbocycles. The number of methoxy groups -OCH3 is 1. The monoisotopic (exact) mass is 183 g/mol. The molecular formula is C9H17N3O. The van der Waals surface area contributed by atoms with E-state index in [0.29, 0.717) is 6.61 Å². The molecule has 0 saturated heterocycles. The third-order valence-electron chi connectivity index (χ3n) is 1.99. The van der Waals surface area contributed by atoms with Crippen LogP contribution in [0.3, 0.4) is 0 Å². The Bertz CT molecular complexity index is 268. The summed E-state index contributed by atoms with van der Waals surface area (Å²) in [6.45, 7) is 4.82. The van der Waals surface area contributed by atoms with Gasteiger partial charge in [-0.2, -0.15) is 5.10 Å².